The molecular weight excluding hydrogens is 594 g/mol. The molecule has 2 aromatic carbocycles. The minimum absolute atomic E-state index is 0.00791. The highest BCUT2D eigenvalue weighted by molar-refractivity contribution is 6.30. The summed E-state index contributed by atoms with van der Waals surface area (Å²) in [5.74, 6) is -3.55. The predicted octanol–water partition coefficient (Wildman–Crippen LogP) is 7.87. The number of carbonyl (C=O) groups is 2. The zero-order valence-electron chi connectivity index (χ0n) is 27.3. The van der Waals surface area contributed by atoms with Gasteiger partial charge in [0.15, 0.2) is 11.5 Å². The molecule has 0 amide bonds. The molecule has 0 unspecified atom stereocenters. The summed E-state index contributed by atoms with van der Waals surface area (Å²) in [6, 6.07) is 12.5. The second kappa shape index (κ2) is 19.6. The van der Waals surface area contributed by atoms with E-state index in [1.165, 1.54) is 12.8 Å². The fourth-order valence-corrected chi connectivity index (χ4v) is 5.48. The number of fused-ring (bicyclic) bond motifs is 1. The average molecular weight is 646 g/mol. The third-order valence-electron chi connectivity index (χ3n) is 7.95. The van der Waals surface area contributed by atoms with Crippen LogP contribution in [0, 0.1) is 0 Å². The van der Waals surface area contributed by atoms with E-state index in [1.807, 2.05) is 25.1 Å². The molecule has 0 fully saturated rings. The van der Waals surface area contributed by atoms with E-state index in [0.29, 0.717) is 30.8 Å². The Balaban J connectivity index is 1.60. The molecule has 2 atom stereocenters. The molecule has 3 rings (SSSR count). The Morgan fingerprint density at radius 3 is 2.00 bits per heavy atom. The molecule has 0 saturated carbocycles. The van der Waals surface area contributed by atoms with Crippen LogP contribution in [0.5, 0.6) is 11.5 Å². The molecule has 0 aromatic heterocycles. The van der Waals surface area contributed by atoms with Crippen LogP contribution < -0.4 is 14.8 Å². The van der Waals surface area contributed by atoms with Crippen LogP contribution >= 0.6 is 11.6 Å². The van der Waals surface area contributed by atoms with Gasteiger partial charge < -0.3 is 29.4 Å². The number of aliphatic hydroxyl groups excluding tert-OH is 1. The Morgan fingerprint density at radius 1 is 0.822 bits per heavy atom. The SMILES string of the molecule is CCCCCCCCOC(=O)C1(C(=O)OCCCCCCCC)Oc2ccc(C[C@@H](C)NC[C@H](O)c3cccc(Cl)c3)cc2O1. The van der Waals surface area contributed by atoms with E-state index >= 15 is 0 Å². The van der Waals surface area contributed by atoms with Gasteiger partial charge in [-0.2, -0.15) is 0 Å². The van der Waals surface area contributed by atoms with E-state index in [4.69, 9.17) is 30.5 Å². The van der Waals surface area contributed by atoms with Gasteiger partial charge in [-0.05, 0) is 61.6 Å². The molecule has 45 heavy (non-hydrogen) atoms. The van der Waals surface area contributed by atoms with Crippen molar-refractivity contribution < 1.29 is 33.6 Å². The van der Waals surface area contributed by atoms with Crippen molar-refractivity contribution >= 4 is 23.5 Å². The van der Waals surface area contributed by atoms with E-state index in [9.17, 15) is 14.7 Å². The van der Waals surface area contributed by atoms with Crippen LogP contribution in [0.3, 0.4) is 0 Å². The fraction of sp³-hybridized carbons (Fsp3) is 0.611. The maximum atomic E-state index is 13.4. The van der Waals surface area contributed by atoms with Crippen molar-refractivity contribution in [3.05, 3.63) is 58.6 Å². The Hall–Kier alpha value is -2.81. The summed E-state index contributed by atoms with van der Waals surface area (Å²) in [5, 5.41) is 14.5. The fourth-order valence-electron chi connectivity index (χ4n) is 5.28. The number of benzene rings is 2. The van der Waals surface area contributed by atoms with Gasteiger partial charge in [-0.25, -0.2) is 9.59 Å². The van der Waals surface area contributed by atoms with Crippen molar-refractivity contribution in [3.63, 3.8) is 0 Å². The lowest BCUT2D eigenvalue weighted by Crippen LogP contribution is -2.56. The number of carbonyl (C=O) groups excluding carboxylic acids is 2. The molecule has 1 heterocycles. The second-order valence-electron chi connectivity index (χ2n) is 12.0. The van der Waals surface area contributed by atoms with Gasteiger partial charge in [0.1, 0.15) is 0 Å². The highest BCUT2D eigenvalue weighted by Crippen LogP contribution is 2.41. The summed E-state index contributed by atoms with van der Waals surface area (Å²) in [5.41, 5.74) is 1.65. The van der Waals surface area contributed by atoms with E-state index in [-0.39, 0.29) is 30.8 Å². The quantitative estimate of drug-likeness (QED) is 0.0758. The van der Waals surface area contributed by atoms with Crippen LogP contribution in [0.1, 0.15) is 115 Å². The van der Waals surface area contributed by atoms with Crippen molar-refractivity contribution in [2.24, 2.45) is 0 Å². The zero-order chi connectivity index (χ0) is 32.5. The second-order valence-corrected chi connectivity index (χ2v) is 12.4. The lowest BCUT2D eigenvalue weighted by molar-refractivity contribution is -0.202. The van der Waals surface area contributed by atoms with Crippen LogP contribution in [0.4, 0.5) is 0 Å². The van der Waals surface area contributed by atoms with Gasteiger partial charge >= 0.3 is 17.7 Å². The summed E-state index contributed by atoms with van der Waals surface area (Å²) < 4.78 is 22.9. The third-order valence-corrected chi connectivity index (χ3v) is 8.19. The first-order chi connectivity index (χ1) is 21.8. The molecule has 0 saturated heterocycles. The van der Waals surface area contributed by atoms with E-state index in [2.05, 4.69) is 19.2 Å². The molecule has 1 aliphatic rings. The Morgan fingerprint density at radius 2 is 1.40 bits per heavy atom. The first-order valence-electron chi connectivity index (χ1n) is 16.8. The van der Waals surface area contributed by atoms with Gasteiger partial charge in [-0.3, -0.25) is 0 Å². The van der Waals surface area contributed by atoms with E-state index < -0.39 is 23.8 Å². The van der Waals surface area contributed by atoms with E-state index in [1.54, 1.807) is 24.3 Å². The van der Waals surface area contributed by atoms with Crippen molar-refractivity contribution in [2.45, 2.75) is 122 Å². The first-order valence-corrected chi connectivity index (χ1v) is 17.2. The number of ether oxygens (including phenoxy) is 4. The minimum atomic E-state index is -2.32. The Labute approximate surface area is 274 Å². The number of nitrogens with one attached hydrogen (secondary N) is 1. The number of halogens is 1. The maximum absolute atomic E-state index is 13.4. The normalized spacial score (nSPS) is 14.6. The Bertz CT molecular complexity index is 1160. The number of esters is 2. The van der Waals surface area contributed by atoms with Crippen LogP contribution in [0.2, 0.25) is 5.02 Å². The number of hydrogen-bond donors (Lipinski definition) is 2. The molecule has 1 aliphatic heterocycles. The van der Waals surface area contributed by atoms with Crippen LogP contribution in [0.25, 0.3) is 0 Å². The smallest absolute Gasteiger partial charge is 0.453 e. The molecule has 0 spiro atoms. The molecule has 0 aliphatic carbocycles. The van der Waals surface area contributed by atoms with Crippen molar-refractivity contribution in [3.8, 4) is 11.5 Å². The molecular formula is C36H52ClNO7. The number of aliphatic hydroxyl groups is 1. The summed E-state index contributed by atoms with van der Waals surface area (Å²) in [6.07, 6.45) is 12.4. The largest absolute Gasteiger partial charge is 0.459 e. The zero-order valence-corrected chi connectivity index (χ0v) is 28.0. The summed E-state index contributed by atoms with van der Waals surface area (Å²) >= 11 is 6.06. The molecule has 0 radical (unpaired) electrons. The Kier molecular flexibility index (Phi) is 16.0. The maximum Gasteiger partial charge on any atom is 0.453 e. The average Bonchev–Trinajstić information content (AvgIpc) is 3.43. The molecule has 250 valence electrons. The molecule has 2 aromatic rings. The van der Waals surface area contributed by atoms with Crippen LogP contribution in [-0.2, 0) is 25.5 Å². The van der Waals surface area contributed by atoms with Gasteiger partial charge in [-0.15, -0.1) is 0 Å². The molecule has 8 nitrogen and oxygen atoms in total. The standard InChI is InChI=1S/C36H52ClNO7/c1-4-6-8-10-12-14-21-42-34(40)36(35(41)43-22-15-13-11-9-7-5-2)44-32-20-19-28(24-33(32)45-36)23-27(3)38-26-31(39)29-17-16-18-30(37)25-29/h16-20,24-25,27,31,38-39H,4-15,21-23,26H2,1-3H3/t27-,31+/m1/s1. The van der Waals surface area contributed by atoms with Gasteiger partial charge in [0.05, 0.1) is 19.3 Å². The molecule has 0 bridgehead atoms. The predicted molar refractivity (Wildman–Crippen MR) is 177 cm³/mol. The van der Waals surface area contributed by atoms with Crippen LogP contribution in [0.15, 0.2) is 42.5 Å². The van der Waals surface area contributed by atoms with Gasteiger partial charge in [-0.1, -0.05) is 108 Å². The molecule has 2 N–H and O–H groups in total. The first kappa shape index (κ1) is 36.7. The monoisotopic (exact) mass is 645 g/mol. The lowest BCUT2D eigenvalue weighted by Gasteiger charge is -2.23. The van der Waals surface area contributed by atoms with Gasteiger partial charge in [0, 0.05) is 17.6 Å². The highest BCUT2D eigenvalue weighted by Gasteiger charge is 2.59. The number of rotatable bonds is 22. The number of unbranched alkanes of at least 4 members (excludes halogenated alkanes) is 10. The third kappa shape index (κ3) is 11.8. The van der Waals surface area contributed by atoms with Crippen molar-refractivity contribution in [2.75, 3.05) is 19.8 Å². The van der Waals surface area contributed by atoms with Gasteiger partial charge in [0.25, 0.3) is 0 Å². The highest BCUT2D eigenvalue weighted by atomic mass is 35.5. The summed E-state index contributed by atoms with van der Waals surface area (Å²) in [4.78, 5) is 26.7. The van der Waals surface area contributed by atoms with Crippen molar-refractivity contribution in [1.82, 2.24) is 5.32 Å². The lowest BCUT2D eigenvalue weighted by atomic mass is 10.1. The topological polar surface area (TPSA) is 103 Å². The van der Waals surface area contributed by atoms with Crippen molar-refractivity contribution in [1.29, 1.82) is 0 Å². The molecule has 9 heteroatoms. The summed E-state index contributed by atoms with van der Waals surface area (Å²) in [7, 11) is 0. The van der Waals surface area contributed by atoms with Crippen LogP contribution in [-0.4, -0.2) is 48.6 Å². The number of hydrogen-bond acceptors (Lipinski definition) is 8. The minimum Gasteiger partial charge on any atom is -0.459 e. The van der Waals surface area contributed by atoms with E-state index in [0.717, 1.165) is 62.5 Å². The summed E-state index contributed by atoms with van der Waals surface area (Å²) in [6.45, 7) is 7.05. The van der Waals surface area contributed by atoms with Gasteiger partial charge in [0.2, 0.25) is 0 Å².